The molecule has 1 atom stereocenters. The van der Waals surface area contributed by atoms with E-state index in [1.54, 1.807) is 0 Å². The van der Waals surface area contributed by atoms with Crippen molar-refractivity contribution in [2.45, 2.75) is 53.6 Å². The summed E-state index contributed by atoms with van der Waals surface area (Å²) in [6.07, 6.45) is 2.23. The van der Waals surface area contributed by atoms with Crippen LogP contribution in [-0.2, 0) is 0 Å². The predicted molar refractivity (Wildman–Crippen MR) is 70.7 cm³/mol. The van der Waals surface area contributed by atoms with Crippen molar-refractivity contribution < 1.29 is 4.74 Å². The number of hydrogen-bond donors (Lipinski definition) is 1. The molecule has 0 saturated heterocycles. The summed E-state index contributed by atoms with van der Waals surface area (Å²) in [6.45, 7) is 11.1. The fraction of sp³-hybridized carbons (Fsp3) is 0.692. The second-order valence-electron chi connectivity index (χ2n) is 4.31. The molecule has 0 fully saturated rings. The summed E-state index contributed by atoms with van der Waals surface area (Å²) in [5.41, 5.74) is 0.990. The molecule has 0 bridgehead atoms. The lowest BCUT2D eigenvalue weighted by atomic mass is 10.3. The Kier molecular flexibility index (Phi) is 5.19. The van der Waals surface area contributed by atoms with Gasteiger partial charge in [0.15, 0.2) is 0 Å². The summed E-state index contributed by atoms with van der Waals surface area (Å²) in [5.74, 6) is 2.33. The highest BCUT2D eigenvalue weighted by Crippen LogP contribution is 2.23. The molecule has 4 nitrogen and oxygen atoms in total. The van der Waals surface area contributed by atoms with Gasteiger partial charge in [0.2, 0.25) is 5.88 Å². The van der Waals surface area contributed by atoms with Crippen molar-refractivity contribution in [3.8, 4) is 5.88 Å². The number of aryl methyl sites for hydroxylation is 1. The van der Waals surface area contributed by atoms with Gasteiger partial charge < -0.3 is 10.1 Å². The predicted octanol–water partition coefficient (Wildman–Crippen LogP) is 3.09. The maximum Gasteiger partial charge on any atom is 0.222 e. The van der Waals surface area contributed by atoms with Gasteiger partial charge in [0.1, 0.15) is 11.6 Å². The molecule has 96 valence electrons. The van der Waals surface area contributed by atoms with Gasteiger partial charge in [-0.25, -0.2) is 4.98 Å². The molecule has 1 aromatic rings. The largest absolute Gasteiger partial charge is 0.474 e. The van der Waals surface area contributed by atoms with Crippen LogP contribution in [0, 0.1) is 13.8 Å². The van der Waals surface area contributed by atoms with Crippen LogP contribution in [-0.4, -0.2) is 22.6 Å². The summed E-state index contributed by atoms with van der Waals surface area (Å²) in [5, 5.41) is 3.30. The first-order chi connectivity index (χ1) is 8.08. The van der Waals surface area contributed by atoms with Crippen LogP contribution in [0.5, 0.6) is 5.88 Å². The second-order valence-corrected chi connectivity index (χ2v) is 4.31. The van der Waals surface area contributed by atoms with Gasteiger partial charge in [0, 0.05) is 6.54 Å². The van der Waals surface area contributed by atoms with Gasteiger partial charge in [-0.2, -0.15) is 4.98 Å². The van der Waals surface area contributed by atoms with Crippen LogP contribution in [0.4, 0.5) is 5.82 Å². The minimum atomic E-state index is 0.182. The monoisotopic (exact) mass is 237 g/mol. The number of hydrogen-bond acceptors (Lipinski definition) is 4. The van der Waals surface area contributed by atoms with E-state index < -0.39 is 0 Å². The van der Waals surface area contributed by atoms with Crippen molar-refractivity contribution in [2.75, 3.05) is 11.9 Å². The lowest BCUT2D eigenvalue weighted by molar-refractivity contribution is 0.206. The molecule has 1 heterocycles. The fourth-order valence-corrected chi connectivity index (χ4v) is 1.41. The molecular formula is C13H23N3O. The minimum absolute atomic E-state index is 0.182. The lowest BCUT2D eigenvalue weighted by Crippen LogP contribution is -2.14. The Morgan fingerprint density at radius 2 is 1.94 bits per heavy atom. The molecule has 0 radical (unpaired) electrons. The number of anilines is 1. The molecule has 0 saturated carbocycles. The molecule has 1 N–H and O–H groups in total. The van der Waals surface area contributed by atoms with E-state index in [0.29, 0.717) is 5.88 Å². The van der Waals surface area contributed by atoms with Gasteiger partial charge in [-0.05, 0) is 33.6 Å². The third-order valence-corrected chi connectivity index (χ3v) is 2.64. The normalized spacial score (nSPS) is 12.3. The molecule has 0 aliphatic carbocycles. The highest BCUT2D eigenvalue weighted by molar-refractivity contribution is 5.48. The SMILES string of the molecule is CCCNc1nc(C)nc(OC(C)CC)c1C. The molecule has 0 spiro atoms. The van der Waals surface area contributed by atoms with E-state index in [1.165, 1.54) is 0 Å². The van der Waals surface area contributed by atoms with Crippen LogP contribution in [0.25, 0.3) is 0 Å². The molecule has 1 unspecified atom stereocenters. The van der Waals surface area contributed by atoms with Crippen molar-refractivity contribution >= 4 is 5.82 Å². The zero-order valence-electron chi connectivity index (χ0n) is 11.5. The van der Waals surface area contributed by atoms with Crippen molar-refractivity contribution in [1.29, 1.82) is 0 Å². The van der Waals surface area contributed by atoms with Crippen molar-refractivity contribution in [3.05, 3.63) is 11.4 Å². The third kappa shape index (κ3) is 3.88. The fourth-order valence-electron chi connectivity index (χ4n) is 1.41. The summed E-state index contributed by atoms with van der Waals surface area (Å²) in [7, 11) is 0. The van der Waals surface area contributed by atoms with Gasteiger partial charge in [0.25, 0.3) is 0 Å². The molecule has 0 aliphatic rings. The molecule has 17 heavy (non-hydrogen) atoms. The Balaban J connectivity index is 2.92. The summed E-state index contributed by atoms with van der Waals surface area (Å²) in [4.78, 5) is 8.76. The molecule has 0 aliphatic heterocycles. The highest BCUT2D eigenvalue weighted by Gasteiger charge is 2.12. The van der Waals surface area contributed by atoms with Gasteiger partial charge in [-0.1, -0.05) is 13.8 Å². The summed E-state index contributed by atoms with van der Waals surface area (Å²) >= 11 is 0. The topological polar surface area (TPSA) is 47.0 Å². The van der Waals surface area contributed by atoms with Crippen LogP contribution < -0.4 is 10.1 Å². The first-order valence-electron chi connectivity index (χ1n) is 6.34. The Hall–Kier alpha value is -1.32. The van der Waals surface area contributed by atoms with E-state index in [2.05, 4.69) is 36.1 Å². The van der Waals surface area contributed by atoms with Gasteiger partial charge >= 0.3 is 0 Å². The van der Waals surface area contributed by atoms with Gasteiger partial charge in [0.05, 0.1) is 11.7 Å². The van der Waals surface area contributed by atoms with Crippen molar-refractivity contribution in [2.24, 2.45) is 0 Å². The average Bonchev–Trinajstić information content (AvgIpc) is 2.31. The first kappa shape index (κ1) is 13.7. The van der Waals surface area contributed by atoms with Gasteiger partial charge in [-0.3, -0.25) is 0 Å². The number of aromatic nitrogens is 2. The van der Waals surface area contributed by atoms with Crippen LogP contribution in [0.2, 0.25) is 0 Å². The lowest BCUT2D eigenvalue weighted by Gasteiger charge is -2.16. The molecule has 0 aromatic carbocycles. The maximum atomic E-state index is 5.80. The molecule has 0 amide bonds. The smallest absolute Gasteiger partial charge is 0.222 e. The summed E-state index contributed by atoms with van der Waals surface area (Å²) < 4.78 is 5.80. The molecule has 4 heteroatoms. The average molecular weight is 237 g/mol. The van der Waals surface area contributed by atoms with Crippen LogP contribution in [0.3, 0.4) is 0 Å². The first-order valence-corrected chi connectivity index (χ1v) is 6.34. The summed E-state index contributed by atoms with van der Waals surface area (Å²) in [6, 6.07) is 0. The molecule has 1 rings (SSSR count). The number of rotatable bonds is 6. The van der Waals surface area contributed by atoms with E-state index in [4.69, 9.17) is 4.74 Å². The molecular weight excluding hydrogens is 214 g/mol. The Labute approximate surface area is 104 Å². The van der Waals surface area contributed by atoms with Crippen molar-refractivity contribution in [1.82, 2.24) is 9.97 Å². The van der Waals surface area contributed by atoms with Crippen LogP contribution >= 0.6 is 0 Å². The number of nitrogens with one attached hydrogen (secondary N) is 1. The molecule has 1 aromatic heterocycles. The standard InChI is InChI=1S/C13H23N3O/c1-6-8-14-12-10(4)13(16-11(5)15-12)17-9(3)7-2/h9H,6-8H2,1-5H3,(H,14,15,16). The van der Waals surface area contributed by atoms with E-state index >= 15 is 0 Å². The minimum Gasteiger partial charge on any atom is -0.474 e. The van der Waals surface area contributed by atoms with Crippen LogP contribution in [0.1, 0.15) is 45.0 Å². The van der Waals surface area contributed by atoms with E-state index in [-0.39, 0.29) is 6.10 Å². The Bertz CT molecular complexity index is 366. The zero-order valence-corrected chi connectivity index (χ0v) is 11.5. The van der Waals surface area contributed by atoms with Crippen molar-refractivity contribution in [3.63, 3.8) is 0 Å². The second kappa shape index (κ2) is 6.42. The zero-order chi connectivity index (χ0) is 12.8. The highest BCUT2D eigenvalue weighted by atomic mass is 16.5. The van der Waals surface area contributed by atoms with E-state index in [9.17, 15) is 0 Å². The third-order valence-electron chi connectivity index (χ3n) is 2.64. The Morgan fingerprint density at radius 1 is 1.24 bits per heavy atom. The van der Waals surface area contributed by atoms with Gasteiger partial charge in [-0.15, -0.1) is 0 Å². The quantitative estimate of drug-likeness (QED) is 0.826. The number of ether oxygens (including phenoxy) is 1. The Morgan fingerprint density at radius 3 is 2.53 bits per heavy atom. The van der Waals surface area contributed by atoms with E-state index in [0.717, 1.165) is 36.6 Å². The van der Waals surface area contributed by atoms with E-state index in [1.807, 2.05) is 13.8 Å². The van der Waals surface area contributed by atoms with Crippen LogP contribution in [0.15, 0.2) is 0 Å². The number of nitrogens with zero attached hydrogens (tertiary/aromatic N) is 2. The maximum absolute atomic E-state index is 5.80.